The number of carbonyl (C=O) groups is 1. The summed E-state index contributed by atoms with van der Waals surface area (Å²) in [7, 11) is 1.65. The quantitative estimate of drug-likeness (QED) is 0.600. The Kier molecular flexibility index (Phi) is 5.18. The van der Waals surface area contributed by atoms with Crippen molar-refractivity contribution in [3.63, 3.8) is 0 Å². The van der Waals surface area contributed by atoms with E-state index < -0.39 is 6.10 Å². The Morgan fingerprint density at radius 2 is 2.25 bits per heavy atom. The Morgan fingerprint density at radius 3 is 2.75 bits per heavy atom. The summed E-state index contributed by atoms with van der Waals surface area (Å²) in [6.45, 7) is 6.72. The van der Waals surface area contributed by atoms with Crippen molar-refractivity contribution in [3.05, 3.63) is 0 Å². The first-order valence-electron chi connectivity index (χ1n) is 5.72. The molecule has 0 aromatic carbocycles. The lowest BCUT2D eigenvalue weighted by Gasteiger charge is -2.40. The van der Waals surface area contributed by atoms with Crippen molar-refractivity contribution >= 4 is 5.91 Å². The first-order valence-corrected chi connectivity index (χ1v) is 5.72. The molecule has 1 aliphatic rings. The van der Waals surface area contributed by atoms with Gasteiger partial charge in [0, 0.05) is 33.4 Å². The molecule has 0 radical (unpaired) electrons. The average molecular weight is 230 g/mol. The third-order valence-electron chi connectivity index (χ3n) is 2.65. The maximum Gasteiger partial charge on any atom is 0.248 e. The molecule has 1 saturated heterocycles. The van der Waals surface area contributed by atoms with Gasteiger partial charge in [0.1, 0.15) is 6.10 Å². The first-order chi connectivity index (χ1) is 7.57. The van der Waals surface area contributed by atoms with Crippen LogP contribution < -0.4 is 10.6 Å². The van der Waals surface area contributed by atoms with E-state index in [0.29, 0.717) is 13.2 Å². The van der Waals surface area contributed by atoms with Crippen LogP contribution in [0.4, 0.5) is 0 Å². The SMILES string of the molecule is COCCCNC(=O)C(C)OC1(C)CNC1. The number of nitrogens with one attached hydrogen (secondary N) is 2. The number of ether oxygens (including phenoxy) is 2. The monoisotopic (exact) mass is 230 g/mol. The maximum absolute atomic E-state index is 11.6. The summed E-state index contributed by atoms with van der Waals surface area (Å²) >= 11 is 0. The van der Waals surface area contributed by atoms with Gasteiger partial charge in [-0.2, -0.15) is 0 Å². The van der Waals surface area contributed by atoms with Crippen LogP contribution in [0.3, 0.4) is 0 Å². The van der Waals surface area contributed by atoms with E-state index in [0.717, 1.165) is 19.5 Å². The lowest BCUT2D eigenvalue weighted by molar-refractivity contribution is -0.149. The Labute approximate surface area is 96.9 Å². The number of amides is 1. The van der Waals surface area contributed by atoms with E-state index in [1.54, 1.807) is 14.0 Å². The minimum Gasteiger partial charge on any atom is -0.385 e. The third kappa shape index (κ3) is 4.08. The van der Waals surface area contributed by atoms with Crippen LogP contribution in [-0.2, 0) is 14.3 Å². The van der Waals surface area contributed by atoms with Gasteiger partial charge in [-0.3, -0.25) is 4.79 Å². The Hall–Kier alpha value is -0.650. The van der Waals surface area contributed by atoms with Crippen molar-refractivity contribution in [3.8, 4) is 0 Å². The molecule has 0 spiro atoms. The summed E-state index contributed by atoms with van der Waals surface area (Å²) in [6.07, 6.45) is 0.433. The number of hydrogen-bond donors (Lipinski definition) is 2. The standard InChI is InChI=1S/C11H22N2O3/c1-9(16-11(2)7-12-8-11)10(14)13-5-4-6-15-3/h9,12H,4-8H2,1-3H3,(H,13,14). The normalized spacial score (nSPS) is 19.9. The summed E-state index contributed by atoms with van der Waals surface area (Å²) in [4.78, 5) is 11.6. The molecule has 1 fully saturated rings. The molecule has 94 valence electrons. The molecule has 0 aliphatic carbocycles. The molecule has 1 atom stereocenters. The second kappa shape index (κ2) is 6.18. The van der Waals surface area contributed by atoms with E-state index >= 15 is 0 Å². The molecule has 1 unspecified atom stereocenters. The van der Waals surface area contributed by atoms with Crippen LogP contribution in [0.1, 0.15) is 20.3 Å². The van der Waals surface area contributed by atoms with Gasteiger partial charge in [-0.05, 0) is 20.3 Å². The number of methoxy groups -OCH3 is 1. The summed E-state index contributed by atoms with van der Waals surface area (Å²) in [5, 5.41) is 5.96. The zero-order valence-electron chi connectivity index (χ0n) is 10.3. The number of rotatable bonds is 7. The van der Waals surface area contributed by atoms with Crippen molar-refractivity contribution in [2.75, 3.05) is 33.4 Å². The molecule has 0 aromatic heterocycles. The van der Waals surface area contributed by atoms with Crippen LogP contribution in [0.25, 0.3) is 0 Å². The van der Waals surface area contributed by atoms with Crippen LogP contribution in [0.5, 0.6) is 0 Å². The maximum atomic E-state index is 11.6. The topological polar surface area (TPSA) is 59.6 Å². The van der Waals surface area contributed by atoms with E-state index in [1.807, 2.05) is 6.92 Å². The lowest BCUT2D eigenvalue weighted by Crippen LogP contribution is -2.61. The van der Waals surface area contributed by atoms with Gasteiger partial charge < -0.3 is 20.1 Å². The molecule has 5 nitrogen and oxygen atoms in total. The fraction of sp³-hybridized carbons (Fsp3) is 0.909. The van der Waals surface area contributed by atoms with Crippen LogP contribution in [0, 0.1) is 0 Å². The molecule has 1 rings (SSSR count). The van der Waals surface area contributed by atoms with E-state index in [1.165, 1.54) is 0 Å². The summed E-state index contributed by atoms with van der Waals surface area (Å²) < 4.78 is 10.6. The van der Waals surface area contributed by atoms with E-state index in [9.17, 15) is 4.79 Å². The van der Waals surface area contributed by atoms with Gasteiger partial charge in [0.25, 0.3) is 0 Å². The fourth-order valence-corrected chi connectivity index (χ4v) is 1.61. The molecule has 16 heavy (non-hydrogen) atoms. The van der Waals surface area contributed by atoms with Gasteiger partial charge in [0.2, 0.25) is 5.91 Å². The second-order valence-electron chi connectivity index (χ2n) is 4.45. The van der Waals surface area contributed by atoms with Crippen molar-refractivity contribution in [1.29, 1.82) is 0 Å². The van der Waals surface area contributed by atoms with Crippen molar-refractivity contribution in [2.24, 2.45) is 0 Å². The largest absolute Gasteiger partial charge is 0.385 e. The van der Waals surface area contributed by atoms with Gasteiger partial charge in [-0.25, -0.2) is 0 Å². The molecule has 0 aromatic rings. The summed E-state index contributed by atoms with van der Waals surface area (Å²) in [6, 6.07) is 0. The van der Waals surface area contributed by atoms with Crippen LogP contribution >= 0.6 is 0 Å². The fourth-order valence-electron chi connectivity index (χ4n) is 1.61. The minimum absolute atomic E-state index is 0.0516. The van der Waals surface area contributed by atoms with Crippen LogP contribution in [0.2, 0.25) is 0 Å². The van der Waals surface area contributed by atoms with E-state index in [4.69, 9.17) is 9.47 Å². The van der Waals surface area contributed by atoms with Crippen molar-refractivity contribution in [1.82, 2.24) is 10.6 Å². The molecule has 1 heterocycles. The van der Waals surface area contributed by atoms with Crippen LogP contribution in [0.15, 0.2) is 0 Å². The Balaban J connectivity index is 2.15. The lowest BCUT2D eigenvalue weighted by atomic mass is 10.00. The molecule has 2 N–H and O–H groups in total. The Morgan fingerprint density at radius 1 is 1.56 bits per heavy atom. The van der Waals surface area contributed by atoms with Crippen LogP contribution in [-0.4, -0.2) is 51.0 Å². The number of carbonyl (C=O) groups excluding carboxylic acids is 1. The first kappa shape index (κ1) is 13.4. The average Bonchev–Trinajstić information content (AvgIpc) is 2.21. The highest BCUT2D eigenvalue weighted by atomic mass is 16.5. The zero-order valence-corrected chi connectivity index (χ0v) is 10.3. The van der Waals surface area contributed by atoms with E-state index in [-0.39, 0.29) is 11.5 Å². The van der Waals surface area contributed by atoms with Crippen molar-refractivity contribution < 1.29 is 14.3 Å². The predicted octanol–water partition coefficient (Wildman–Crippen LogP) is -0.0939. The molecular weight excluding hydrogens is 208 g/mol. The van der Waals surface area contributed by atoms with Gasteiger partial charge in [-0.15, -0.1) is 0 Å². The summed E-state index contributed by atoms with van der Waals surface area (Å²) in [5.74, 6) is -0.0516. The predicted molar refractivity (Wildman–Crippen MR) is 61.3 cm³/mol. The smallest absolute Gasteiger partial charge is 0.248 e. The minimum atomic E-state index is -0.394. The van der Waals surface area contributed by atoms with Gasteiger partial charge in [-0.1, -0.05) is 0 Å². The highest BCUT2D eigenvalue weighted by Crippen LogP contribution is 2.17. The van der Waals surface area contributed by atoms with Gasteiger partial charge in [0.15, 0.2) is 0 Å². The zero-order chi connectivity index (χ0) is 12.0. The molecule has 1 aliphatic heterocycles. The van der Waals surface area contributed by atoms with Gasteiger partial charge in [0.05, 0.1) is 5.60 Å². The molecule has 1 amide bonds. The Bertz CT molecular complexity index is 229. The highest BCUT2D eigenvalue weighted by Gasteiger charge is 2.35. The highest BCUT2D eigenvalue weighted by molar-refractivity contribution is 5.80. The molecule has 0 bridgehead atoms. The summed E-state index contributed by atoms with van der Waals surface area (Å²) in [5.41, 5.74) is -0.177. The third-order valence-corrected chi connectivity index (χ3v) is 2.65. The van der Waals surface area contributed by atoms with Crippen molar-refractivity contribution in [2.45, 2.75) is 32.0 Å². The molecule has 5 heteroatoms. The molecule has 0 saturated carbocycles. The molecular formula is C11H22N2O3. The number of hydrogen-bond acceptors (Lipinski definition) is 4. The van der Waals surface area contributed by atoms with Gasteiger partial charge >= 0.3 is 0 Å². The second-order valence-corrected chi connectivity index (χ2v) is 4.45. The van der Waals surface area contributed by atoms with E-state index in [2.05, 4.69) is 10.6 Å².